The van der Waals surface area contributed by atoms with Gasteiger partial charge in [-0.3, -0.25) is 10.1 Å². The molecule has 2 saturated carbocycles. The molecule has 1 aromatic rings. The van der Waals surface area contributed by atoms with Gasteiger partial charge in [-0.05, 0) is 56.1 Å². The molecule has 2 bridgehead atoms. The predicted octanol–water partition coefficient (Wildman–Crippen LogP) is 4.48. The SMILES string of the molecule is CC(Nc1cccc(Cl)c1[N+](=O)[O-])C1CC2CCC1C2. The maximum atomic E-state index is 11.2. The van der Waals surface area contributed by atoms with Crippen LogP contribution in [0.3, 0.4) is 0 Å². The molecule has 2 aliphatic rings. The van der Waals surface area contributed by atoms with Crippen LogP contribution < -0.4 is 5.32 Å². The van der Waals surface area contributed by atoms with E-state index in [9.17, 15) is 10.1 Å². The number of nitro benzene ring substituents is 1. The van der Waals surface area contributed by atoms with Crippen LogP contribution in [0.2, 0.25) is 5.02 Å². The second kappa shape index (κ2) is 5.24. The van der Waals surface area contributed by atoms with Gasteiger partial charge in [-0.1, -0.05) is 24.1 Å². The Bertz CT molecular complexity index is 535. The summed E-state index contributed by atoms with van der Waals surface area (Å²) in [6, 6.07) is 5.31. The van der Waals surface area contributed by atoms with Gasteiger partial charge in [-0.15, -0.1) is 0 Å². The van der Waals surface area contributed by atoms with E-state index in [-0.39, 0.29) is 16.8 Å². The minimum absolute atomic E-state index is 0.0100. The van der Waals surface area contributed by atoms with Gasteiger partial charge in [0.2, 0.25) is 0 Å². The van der Waals surface area contributed by atoms with Crippen LogP contribution in [0.15, 0.2) is 18.2 Å². The third-order valence-corrected chi connectivity index (χ3v) is 5.29. The molecule has 2 aliphatic carbocycles. The van der Waals surface area contributed by atoms with Gasteiger partial charge < -0.3 is 5.32 Å². The summed E-state index contributed by atoms with van der Waals surface area (Å²) in [6.07, 6.45) is 5.28. The van der Waals surface area contributed by atoms with Crippen molar-refractivity contribution in [1.29, 1.82) is 0 Å². The quantitative estimate of drug-likeness (QED) is 0.658. The first kappa shape index (κ1) is 13.7. The first-order chi connectivity index (χ1) is 9.56. The predicted molar refractivity (Wildman–Crippen MR) is 80.1 cm³/mol. The summed E-state index contributed by atoms with van der Waals surface area (Å²) in [7, 11) is 0. The molecule has 1 N–H and O–H groups in total. The summed E-state index contributed by atoms with van der Waals surface area (Å²) >= 11 is 5.95. The van der Waals surface area contributed by atoms with E-state index in [0.717, 1.165) is 11.8 Å². The minimum atomic E-state index is -0.405. The first-order valence-corrected chi connectivity index (χ1v) is 7.63. The highest BCUT2D eigenvalue weighted by Crippen LogP contribution is 2.50. The lowest BCUT2D eigenvalue weighted by Gasteiger charge is -2.29. The number of hydrogen-bond donors (Lipinski definition) is 1. The fourth-order valence-corrected chi connectivity index (χ4v) is 4.32. The third-order valence-electron chi connectivity index (χ3n) is 4.99. The number of nitrogens with zero attached hydrogens (tertiary/aromatic N) is 1. The molecule has 3 rings (SSSR count). The van der Waals surface area contributed by atoms with E-state index in [1.807, 2.05) is 0 Å². The molecule has 4 unspecified atom stereocenters. The number of hydrogen-bond acceptors (Lipinski definition) is 3. The fourth-order valence-electron chi connectivity index (χ4n) is 4.08. The van der Waals surface area contributed by atoms with Crippen LogP contribution in [-0.4, -0.2) is 11.0 Å². The van der Waals surface area contributed by atoms with E-state index < -0.39 is 4.92 Å². The molecule has 5 heteroatoms. The molecule has 0 heterocycles. The number of rotatable bonds is 4. The highest BCUT2D eigenvalue weighted by Gasteiger charge is 2.42. The molecule has 0 aliphatic heterocycles. The largest absolute Gasteiger partial charge is 0.377 e. The molecule has 4 nitrogen and oxygen atoms in total. The summed E-state index contributed by atoms with van der Waals surface area (Å²) in [5, 5.41) is 14.7. The van der Waals surface area contributed by atoms with Crippen LogP contribution in [0.25, 0.3) is 0 Å². The zero-order valence-corrected chi connectivity index (χ0v) is 12.3. The van der Waals surface area contributed by atoms with E-state index in [1.54, 1.807) is 18.2 Å². The zero-order valence-electron chi connectivity index (χ0n) is 11.5. The number of nitrogens with one attached hydrogen (secondary N) is 1. The van der Waals surface area contributed by atoms with Gasteiger partial charge in [0.15, 0.2) is 0 Å². The Kier molecular flexibility index (Phi) is 3.59. The summed E-state index contributed by atoms with van der Waals surface area (Å²) in [5.74, 6) is 2.30. The number of para-hydroxylation sites is 1. The first-order valence-electron chi connectivity index (χ1n) is 7.25. The van der Waals surface area contributed by atoms with Gasteiger partial charge in [0, 0.05) is 6.04 Å². The molecule has 20 heavy (non-hydrogen) atoms. The van der Waals surface area contributed by atoms with Crippen molar-refractivity contribution in [1.82, 2.24) is 0 Å². The van der Waals surface area contributed by atoms with Crippen LogP contribution >= 0.6 is 11.6 Å². The number of fused-ring (bicyclic) bond motifs is 2. The monoisotopic (exact) mass is 294 g/mol. The molecule has 0 aromatic heterocycles. The fraction of sp³-hybridized carbons (Fsp3) is 0.600. The molecule has 2 fully saturated rings. The average Bonchev–Trinajstić information content (AvgIpc) is 3.00. The van der Waals surface area contributed by atoms with Gasteiger partial charge >= 0.3 is 5.69 Å². The van der Waals surface area contributed by atoms with Crippen molar-refractivity contribution in [2.45, 2.75) is 38.6 Å². The summed E-state index contributed by atoms with van der Waals surface area (Å²) in [4.78, 5) is 10.7. The summed E-state index contributed by atoms with van der Waals surface area (Å²) in [6.45, 7) is 2.13. The molecule has 0 saturated heterocycles. The molecule has 1 aromatic carbocycles. The summed E-state index contributed by atoms with van der Waals surface area (Å²) in [5.41, 5.74) is 0.530. The molecule has 4 atom stereocenters. The van der Waals surface area contributed by atoms with Gasteiger partial charge in [-0.2, -0.15) is 0 Å². The topological polar surface area (TPSA) is 55.2 Å². The van der Waals surface area contributed by atoms with Gasteiger partial charge in [0.25, 0.3) is 0 Å². The van der Waals surface area contributed by atoms with E-state index in [4.69, 9.17) is 11.6 Å². The number of benzene rings is 1. The summed E-state index contributed by atoms with van der Waals surface area (Å²) < 4.78 is 0. The van der Waals surface area contributed by atoms with Gasteiger partial charge in [-0.25, -0.2) is 0 Å². The lowest BCUT2D eigenvalue weighted by molar-refractivity contribution is -0.383. The van der Waals surface area contributed by atoms with Gasteiger partial charge in [0.05, 0.1) is 4.92 Å². The van der Waals surface area contributed by atoms with Gasteiger partial charge in [0.1, 0.15) is 10.7 Å². The lowest BCUT2D eigenvalue weighted by Crippen LogP contribution is -2.30. The van der Waals surface area contributed by atoms with Crippen molar-refractivity contribution in [2.24, 2.45) is 17.8 Å². The van der Waals surface area contributed by atoms with E-state index in [1.165, 1.54) is 25.7 Å². The smallest absolute Gasteiger partial charge is 0.310 e. The average molecular weight is 295 g/mol. The minimum Gasteiger partial charge on any atom is -0.377 e. The number of halogens is 1. The molecule has 0 amide bonds. The van der Waals surface area contributed by atoms with Crippen LogP contribution in [0.4, 0.5) is 11.4 Å². The molecule has 0 radical (unpaired) electrons. The number of nitro groups is 1. The van der Waals surface area contributed by atoms with Crippen molar-refractivity contribution >= 4 is 23.0 Å². The Balaban J connectivity index is 1.78. The normalized spacial score (nSPS) is 29.4. The van der Waals surface area contributed by atoms with E-state index >= 15 is 0 Å². The Labute approximate surface area is 123 Å². The molecular weight excluding hydrogens is 276 g/mol. The maximum Gasteiger partial charge on any atom is 0.310 e. The maximum absolute atomic E-state index is 11.2. The van der Waals surface area contributed by atoms with Crippen LogP contribution in [0, 0.1) is 27.9 Å². The Morgan fingerprint density at radius 3 is 2.80 bits per heavy atom. The van der Waals surface area contributed by atoms with Crippen molar-refractivity contribution < 1.29 is 4.92 Å². The van der Waals surface area contributed by atoms with Crippen molar-refractivity contribution in [3.63, 3.8) is 0 Å². The van der Waals surface area contributed by atoms with Crippen LogP contribution in [0.1, 0.15) is 32.6 Å². The second-order valence-electron chi connectivity index (χ2n) is 6.16. The highest BCUT2D eigenvalue weighted by atomic mass is 35.5. The van der Waals surface area contributed by atoms with Crippen LogP contribution in [0.5, 0.6) is 0 Å². The zero-order chi connectivity index (χ0) is 14.3. The molecule has 108 valence electrons. The third kappa shape index (κ3) is 2.37. The highest BCUT2D eigenvalue weighted by molar-refractivity contribution is 6.33. The van der Waals surface area contributed by atoms with E-state index in [0.29, 0.717) is 11.6 Å². The van der Waals surface area contributed by atoms with Crippen LogP contribution in [-0.2, 0) is 0 Å². The Morgan fingerprint density at radius 1 is 1.40 bits per heavy atom. The Morgan fingerprint density at radius 2 is 2.20 bits per heavy atom. The molecule has 0 spiro atoms. The molecular formula is C15H19ClN2O2. The van der Waals surface area contributed by atoms with Crippen molar-refractivity contribution in [3.05, 3.63) is 33.3 Å². The van der Waals surface area contributed by atoms with E-state index in [2.05, 4.69) is 12.2 Å². The Hall–Kier alpha value is -1.29. The number of anilines is 1. The standard InChI is InChI=1S/C15H19ClN2O2/c1-9(12-8-10-5-6-11(12)7-10)17-14-4-2-3-13(16)15(14)18(19)20/h2-4,9-12,17H,5-8H2,1H3. The lowest BCUT2D eigenvalue weighted by atomic mass is 9.84. The van der Waals surface area contributed by atoms with Crippen molar-refractivity contribution in [3.8, 4) is 0 Å². The second-order valence-corrected chi connectivity index (χ2v) is 6.57. The van der Waals surface area contributed by atoms with Crippen molar-refractivity contribution in [2.75, 3.05) is 5.32 Å².